The van der Waals surface area contributed by atoms with Crippen molar-refractivity contribution >= 4 is 23.2 Å². The summed E-state index contributed by atoms with van der Waals surface area (Å²) in [4.78, 5) is 54.4. The van der Waals surface area contributed by atoms with Crippen LogP contribution in [0.4, 0.5) is 0 Å². The van der Waals surface area contributed by atoms with Gasteiger partial charge in [-0.2, -0.15) is 0 Å². The Hall–Kier alpha value is -3.33. The normalized spacial score (nSPS) is 18.1. The number of thiophene rings is 1. The van der Waals surface area contributed by atoms with Crippen molar-refractivity contribution in [3.63, 3.8) is 0 Å². The van der Waals surface area contributed by atoms with E-state index >= 15 is 0 Å². The van der Waals surface area contributed by atoms with Gasteiger partial charge in [0.15, 0.2) is 0 Å². The minimum Gasteiger partial charge on any atom is -0.332 e. The quantitative estimate of drug-likeness (QED) is 0.681. The first kappa shape index (κ1) is 19.6. The maximum Gasteiger partial charge on any atom is 0.273 e. The van der Waals surface area contributed by atoms with E-state index in [1.807, 2.05) is 11.4 Å². The van der Waals surface area contributed by atoms with Gasteiger partial charge in [-0.3, -0.25) is 19.4 Å². The number of rotatable bonds is 3. The van der Waals surface area contributed by atoms with Crippen LogP contribution in [-0.2, 0) is 13.0 Å². The molecule has 0 spiro atoms. The van der Waals surface area contributed by atoms with Crippen LogP contribution < -0.4 is 5.56 Å². The number of nitrogens with zero attached hydrogens (tertiary/aromatic N) is 4. The molecule has 3 aromatic rings. The van der Waals surface area contributed by atoms with E-state index in [9.17, 15) is 14.4 Å². The van der Waals surface area contributed by atoms with Crippen LogP contribution in [0.25, 0.3) is 0 Å². The van der Waals surface area contributed by atoms with Crippen LogP contribution in [-0.4, -0.2) is 49.7 Å². The maximum absolute atomic E-state index is 13.0. The average molecular weight is 436 g/mol. The Kier molecular flexibility index (Phi) is 5.11. The molecule has 0 aliphatic carbocycles. The molecule has 1 saturated heterocycles. The maximum atomic E-state index is 13.0. The summed E-state index contributed by atoms with van der Waals surface area (Å²) in [5, 5.41) is 1.87. The number of carbonyl (C=O) groups excluding carboxylic acids is 2. The topological polar surface area (TPSA) is 99.3 Å². The van der Waals surface area contributed by atoms with E-state index in [-0.39, 0.29) is 23.4 Å². The Bertz CT molecular complexity index is 1180. The zero-order valence-electron chi connectivity index (χ0n) is 16.8. The van der Waals surface area contributed by atoms with Gasteiger partial charge in [0.05, 0.1) is 23.2 Å². The molecule has 1 N–H and O–H groups in total. The van der Waals surface area contributed by atoms with Gasteiger partial charge in [0, 0.05) is 24.8 Å². The summed E-state index contributed by atoms with van der Waals surface area (Å²) >= 11 is 1.40. The highest BCUT2D eigenvalue weighted by atomic mass is 32.1. The lowest BCUT2D eigenvalue weighted by Crippen LogP contribution is -2.40. The monoisotopic (exact) mass is 435 g/mol. The largest absolute Gasteiger partial charge is 0.332 e. The minimum atomic E-state index is -0.309. The molecule has 9 heteroatoms. The average Bonchev–Trinajstić information content (AvgIpc) is 3.50. The van der Waals surface area contributed by atoms with Crippen molar-refractivity contribution in [3.8, 4) is 0 Å². The van der Waals surface area contributed by atoms with Crippen molar-refractivity contribution in [2.45, 2.75) is 31.8 Å². The number of hydrogen-bond donors (Lipinski definition) is 1. The molecule has 0 aromatic carbocycles. The molecule has 0 bridgehead atoms. The summed E-state index contributed by atoms with van der Waals surface area (Å²) in [5.74, 6) is 0.269. The first-order valence-corrected chi connectivity index (χ1v) is 11.2. The molecular formula is C22H21N5O3S. The highest BCUT2D eigenvalue weighted by Gasteiger charge is 2.34. The lowest BCUT2D eigenvalue weighted by molar-refractivity contribution is 0.0723. The highest BCUT2D eigenvalue weighted by molar-refractivity contribution is 7.12. The molecule has 2 aliphatic heterocycles. The first-order chi connectivity index (χ1) is 15.1. The number of carbonyl (C=O) groups is 2. The Morgan fingerprint density at radius 3 is 2.81 bits per heavy atom. The van der Waals surface area contributed by atoms with Gasteiger partial charge in [0.2, 0.25) is 0 Å². The molecule has 5 rings (SSSR count). The van der Waals surface area contributed by atoms with Crippen LogP contribution in [0.5, 0.6) is 0 Å². The van der Waals surface area contributed by atoms with Crippen LogP contribution >= 0.6 is 11.3 Å². The first-order valence-electron chi connectivity index (χ1n) is 10.3. The number of nitrogens with one attached hydrogen (secondary N) is 1. The van der Waals surface area contributed by atoms with Gasteiger partial charge in [0.25, 0.3) is 17.4 Å². The Labute approximate surface area is 182 Å². The number of aromatic nitrogens is 3. The van der Waals surface area contributed by atoms with Crippen molar-refractivity contribution in [1.82, 2.24) is 24.8 Å². The fourth-order valence-corrected chi connectivity index (χ4v) is 4.97. The van der Waals surface area contributed by atoms with Crippen molar-refractivity contribution in [2.24, 2.45) is 0 Å². The van der Waals surface area contributed by atoms with E-state index in [1.54, 1.807) is 40.3 Å². The second-order valence-electron chi connectivity index (χ2n) is 7.70. The molecule has 0 radical (unpaired) electrons. The Morgan fingerprint density at radius 1 is 1.13 bits per heavy atom. The van der Waals surface area contributed by atoms with Crippen molar-refractivity contribution < 1.29 is 9.59 Å². The summed E-state index contributed by atoms with van der Waals surface area (Å²) in [7, 11) is 0. The van der Waals surface area contributed by atoms with Crippen LogP contribution in [0, 0.1) is 0 Å². The van der Waals surface area contributed by atoms with Crippen LogP contribution in [0.15, 0.2) is 46.7 Å². The van der Waals surface area contributed by atoms with E-state index in [0.717, 1.165) is 12.8 Å². The standard InChI is InChI=1S/C22H21N5O3S/c28-20-14-8-11-26(22(30)18-7-4-12-31-18)13-16(14)24-19(25-20)17-6-3-10-27(17)21(29)15-5-1-2-9-23-15/h1-2,4-5,7,9,12,17H,3,6,8,10-11,13H2,(H,24,25,28). The van der Waals surface area contributed by atoms with Gasteiger partial charge in [-0.15, -0.1) is 11.3 Å². The van der Waals surface area contributed by atoms with E-state index in [4.69, 9.17) is 4.98 Å². The van der Waals surface area contributed by atoms with Crippen molar-refractivity contribution in [3.05, 3.63) is 79.9 Å². The Morgan fingerprint density at radius 2 is 2.03 bits per heavy atom. The third-order valence-electron chi connectivity index (χ3n) is 5.82. The molecule has 31 heavy (non-hydrogen) atoms. The third kappa shape index (κ3) is 3.65. The molecule has 0 saturated carbocycles. The second-order valence-corrected chi connectivity index (χ2v) is 8.65. The molecule has 2 aliphatic rings. The summed E-state index contributed by atoms with van der Waals surface area (Å²) in [5.41, 5.74) is 1.44. The molecule has 1 unspecified atom stereocenters. The van der Waals surface area contributed by atoms with E-state index in [2.05, 4.69) is 9.97 Å². The molecule has 1 atom stereocenters. The fraction of sp³-hybridized carbons (Fsp3) is 0.318. The number of amides is 2. The minimum absolute atomic E-state index is 0.0443. The van der Waals surface area contributed by atoms with Gasteiger partial charge in [-0.25, -0.2) is 4.98 Å². The lowest BCUT2D eigenvalue weighted by atomic mass is 10.1. The molecule has 3 aromatic heterocycles. The van der Waals surface area contributed by atoms with Crippen LogP contribution in [0.2, 0.25) is 0 Å². The summed E-state index contributed by atoms with van der Waals surface area (Å²) in [6.45, 7) is 1.37. The van der Waals surface area contributed by atoms with E-state index in [0.29, 0.717) is 53.7 Å². The number of pyridine rings is 1. The summed E-state index contributed by atoms with van der Waals surface area (Å²) in [6.07, 6.45) is 3.61. The number of aromatic amines is 1. The van der Waals surface area contributed by atoms with Crippen LogP contribution in [0.1, 0.15) is 56.1 Å². The third-order valence-corrected chi connectivity index (χ3v) is 6.68. The highest BCUT2D eigenvalue weighted by Crippen LogP contribution is 2.31. The zero-order valence-corrected chi connectivity index (χ0v) is 17.6. The molecular weight excluding hydrogens is 414 g/mol. The lowest BCUT2D eigenvalue weighted by Gasteiger charge is -2.29. The van der Waals surface area contributed by atoms with Gasteiger partial charge in [0.1, 0.15) is 11.5 Å². The molecule has 8 nitrogen and oxygen atoms in total. The second kappa shape index (κ2) is 8.07. The Balaban J connectivity index is 1.43. The van der Waals surface area contributed by atoms with Crippen molar-refractivity contribution in [1.29, 1.82) is 0 Å². The molecule has 5 heterocycles. The van der Waals surface area contributed by atoms with Gasteiger partial charge < -0.3 is 14.8 Å². The fourth-order valence-electron chi connectivity index (χ4n) is 4.28. The smallest absolute Gasteiger partial charge is 0.273 e. The number of H-pyrrole nitrogens is 1. The van der Waals surface area contributed by atoms with Crippen molar-refractivity contribution in [2.75, 3.05) is 13.1 Å². The SMILES string of the molecule is O=C(c1cccs1)N1CCc2c(nc(C3CCCN3C(=O)c3ccccn3)[nH]c2=O)C1. The van der Waals surface area contributed by atoms with Gasteiger partial charge in [-0.1, -0.05) is 12.1 Å². The molecule has 158 valence electrons. The number of likely N-dealkylation sites (tertiary alicyclic amines) is 1. The van der Waals surface area contributed by atoms with Crippen LogP contribution in [0.3, 0.4) is 0 Å². The van der Waals surface area contributed by atoms with E-state index < -0.39 is 0 Å². The number of hydrogen-bond acceptors (Lipinski definition) is 6. The van der Waals surface area contributed by atoms with E-state index in [1.165, 1.54) is 11.3 Å². The molecule has 2 amide bonds. The molecule has 1 fully saturated rings. The zero-order chi connectivity index (χ0) is 21.4. The summed E-state index contributed by atoms with van der Waals surface area (Å²) < 4.78 is 0. The van der Waals surface area contributed by atoms with Gasteiger partial charge >= 0.3 is 0 Å². The predicted octanol–water partition coefficient (Wildman–Crippen LogP) is 2.40. The predicted molar refractivity (Wildman–Crippen MR) is 115 cm³/mol. The summed E-state index contributed by atoms with van der Waals surface area (Å²) in [6, 6.07) is 8.58. The number of fused-ring (bicyclic) bond motifs is 1. The van der Waals surface area contributed by atoms with Gasteiger partial charge in [-0.05, 0) is 42.8 Å².